The summed E-state index contributed by atoms with van der Waals surface area (Å²) in [7, 11) is 1.69. The van der Waals surface area contributed by atoms with Crippen LogP contribution in [-0.4, -0.2) is 12.9 Å². The maximum Gasteiger partial charge on any atom is 0.161 e. The molecule has 4 saturated carbocycles. The molecule has 4 aliphatic rings. The quantitative estimate of drug-likeness (QED) is 0.747. The first-order valence-corrected chi connectivity index (χ1v) is 8.95. The Morgan fingerprint density at radius 1 is 1.13 bits per heavy atom. The highest BCUT2D eigenvalue weighted by atomic mass is 16.5. The second-order valence-electron chi connectivity index (χ2n) is 8.12. The van der Waals surface area contributed by atoms with Crippen molar-refractivity contribution in [2.24, 2.45) is 23.2 Å². The molecule has 0 aliphatic heterocycles. The highest BCUT2D eigenvalue weighted by Gasteiger charge is 2.53. The highest BCUT2D eigenvalue weighted by molar-refractivity contribution is 5.98. The lowest BCUT2D eigenvalue weighted by molar-refractivity contribution is -0.138. The van der Waals surface area contributed by atoms with Crippen molar-refractivity contribution in [3.05, 3.63) is 35.4 Å². The summed E-state index contributed by atoms with van der Waals surface area (Å²) in [6.07, 6.45) is 11.4. The van der Waals surface area contributed by atoms with E-state index in [2.05, 4.69) is 6.07 Å². The molecular weight excluding hydrogens is 284 g/mol. The zero-order chi connectivity index (χ0) is 16.0. The Morgan fingerprint density at radius 2 is 1.74 bits per heavy atom. The summed E-state index contributed by atoms with van der Waals surface area (Å²) in [5, 5.41) is 0. The third kappa shape index (κ3) is 2.62. The van der Waals surface area contributed by atoms with E-state index in [-0.39, 0.29) is 5.41 Å². The van der Waals surface area contributed by atoms with Gasteiger partial charge >= 0.3 is 0 Å². The summed E-state index contributed by atoms with van der Waals surface area (Å²) in [6, 6.07) is 6.09. The molecule has 1 aromatic carbocycles. The normalized spacial score (nSPS) is 35.0. The number of rotatable bonds is 4. The first kappa shape index (κ1) is 15.0. The molecule has 2 nitrogen and oxygen atoms in total. The number of hydrogen-bond acceptors (Lipinski definition) is 2. The fourth-order valence-corrected chi connectivity index (χ4v) is 5.77. The number of allylic oxidation sites excluding steroid dienone is 1. The van der Waals surface area contributed by atoms with E-state index in [9.17, 15) is 4.79 Å². The number of carbonyl (C=O) groups excluding carboxylic acids is 1. The highest BCUT2D eigenvalue weighted by Crippen LogP contribution is 2.60. The molecule has 0 heterocycles. The summed E-state index contributed by atoms with van der Waals surface area (Å²) in [6.45, 7) is 2.04. The summed E-state index contributed by atoms with van der Waals surface area (Å²) >= 11 is 0. The lowest BCUT2D eigenvalue weighted by Gasteiger charge is -2.55. The molecule has 5 rings (SSSR count). The summed E-state index contributed by atoms with van der Waals surface area (Å²) < 4.78 is 5.30. The van der Waals surface area contributed by atoms with Crippen LogP contribution in [0.3, 0.4) is 0 Å². The third-order valence-corrected chi connectivity index (χ3v) is 6.41. The predicted molar refractivity (Wildman–Crippen MR) is 92.4 cm³/mol. The molecule has 0 unspecified atom stereocenters. The van der Waals surface area contributed by atoms with Crippen LogP contribution in [0.4, 0.5) is 0 Å². The molecule has 0 saturated heterocycles. The van der Waals surface area contributed by atoms with Crippen LogP contribution in [0.5, 0.6) is 5.75 Å². The van der Waals surface area contributed by atoms with Gasteiger partial charge in [0.05, 0.1) is 7.11 Å². The third-order valence-electron chi connectivity index (χ3n) is 6.41. The topological polar surface area (TPSA) is 26.3 Å². The van der Waals surface area contributed by atoms with Gasteiger partial charge in [0.15, 0.2) is 5.78 Å². The van der Waals surface area contributed by atoms with E-state index in [0.29, 0.717) is 5.78 Å². The van der Waals surface area contributed by atoms with Gasteiger partial charge < -0.3 is 4.74 Å². The second kappa shape index (κ2) is 5.51. The molecule has 0 atom stereocenters. The van der Waals surface area contributed by atoms with Crippen molar-refractivity contribution in [1.82, 2.24) is 0 Å². The smallest absolute Gasteiger partial charge is 0.161 e. The SMILES string of the molecule is COc1ccc(C=CC(=O)C23CC4CC(CC(C4)C2)C3)cc1C. The van der Waals surface area contributed by atoms with Crippen LogP contribution in [0.1, 0.15) is 49.7 Å². The van der Waals surface area contributed by atoms with Gasteiger partial charge in [0.25, 0.3) is 0 Å². The number of methoxy groups -OCH3 is 1. The van der Waals surface area contributed by atoms with Crippen LogP contribution in [0.2, 0.25) is 0 Å². The van der Waals surface area contributed by atoms with Crippen molar-refractivity contribution >= 4 is 11.9 Å². The van der Waals surface area contributed by atoms with Gasteiger partial charge in [0.1, 0.15) is 5.75 Å². The van der Waals surface area contributed by atoms with Gasteiger partial charge in [-0.3, -0.25) is 4.79 Å². The lowest BCUT2D eigenvalue weighted by Crippen LogP contribution is -2.49. The van der Waals surface area contributed by atoms with Gasteiger partial charge in [-0.05, 0) is 92.5 Å². The van der Waals surface area contributed by atoms with Crippen LogP contribution in [-0.2, 0) is 4.79 Å². The van der Waals surface area contributed by atoms with Crippen LogP contribution in [0.25, 0.3) is 6.08 Å². The minimum atomic E-state index is -0.0211. The summed E-state index contributed by atoms with van der Waals surface area (Å²) in [5.41, 5.74) is 2.17. The standard InChI is InChI=1S/C21H26O2/c1-14-7-15(3-5-19(14)23-2)4-6-20(22)21-11-16-8-17(12-21)10-18(9-16)13-21/h3-7,16-18H,8-13H2,1-2H3. The van der Waals surface area contributed by atoms with Crippen LogP contribution >= 0.6 is 0 Å². The van der Waals surface area contributed by atoms with Gasteiger partial charge in [-0.15, -0.1) is 0 Å². The molecule has 0 radical (unpaired) electrons. The minimum absolute atomic E-state index is 0.0211. The van der Waals surface area contributed by atoms with E-state index in [1.165, 1.54) is 19.3 Å². The zero-order valence-electron chi connectivity index (χ0n) is 14.2. The average molecular weight is 310 g/mol. The molecule has 2 heteroatoms. The Bertz CT molecular complexity index is 621. The monoisotopic (exact) mass is 310 g/mol. The number of aryl methyl sites for hydroxylation is 1. The van der Waals surface area contributed by atoms with Crippen molar-refractivity contribution < 1.29 is 9.53 Å². The molecule has 0 spiro atoms. The van der Waals surface area contributed by atoms with Gasteiger partial charge in [-0.2, -0.15) is 0 Å². The first-order valence-electron chi connectivity index (χ1n) is 8.95. The zero-order valence-corrected chi connectivity index (χ0v) is 14.2. The molecule has 4 bridgehead atoms. The summed E-state index contributed by atoms with van der Waals surface area (Å²) in [5.74, 6) is 3.74. The summed E-state index contributed by atoms with van der Waals surface area (Å²) in [4.78, 5) is 13.0. The Kier molecular flexibility index (Phi) is 3.59. The molecular formula is C21H26O2. The number of carbonyl (C=O) groups is 1. The maximum absolute atomic E-state index is 13.0. The Labute approximate surface area is 138 Å². The molecule has 0 aromatic heterocycles. The van der Waals surface area contributed by atoms with E-state index in [1.807, 2.05) is 31.2 Å². The van der Waals surface area contributed by atoms with E-state index in [1.54, 1.807) is 7.11 Å². The lowest BCUT2D eigenvalue weighted by atomic mass is 9.48. The number of ketones is 1. The van der Waals surface area contributed by atoms with Gasteiger partial charge in [-0.1, -0.05) is 12.1 Å². The van der Waals surface area contributed by atoms with Crippen molar-refractivity contribution in [3.63, 3.8) is 0 Å². The van der Waals surface area contributed by atoms with E-state index < -0.39 is 0 Å². The second-order valence-corrected chi connectivity index (χ2v) is 8.12. The van der Waals surface area contributed by atoms with Gasteiger partial charge in [0, 0.05) is 5.41 Å². The number of benzene rings is 1. The average Bonchev–Trinajstić information content (AvgIpc) is 2.51. The van der Waals surface area contributed by atoms with Crippen molar-refractivity contribution in [3.8, 4) is 5.75 Å². The van der Waals surface area contributed by atoms with Crippen LogP contribution in [0.15, 0.2) is 24.3 Å². The van der Waals surface area contributed by atoms with Crippen LogP contribution in [0, 0.1) is 30.1 Å². The Balaban J connectivity index is 1.52. The van der Waals surface area contributed by atoms with E-state index in [4.69, 9.17) is 4.74 Å². The molecule has 1 aromatic rings. The van der Waals surface area contributed by atoms with Gasteiger partial charge in [0.2, 0.25) is 0 Å². The largest absolute Gasteiger partial charge is 0.496 e. The number of hydrogen-bond donors (Lipinski definition) is 0. The van der Waals surface area contributed by atoms with Crippen molar-refractivity contribution in [1.29, 1.82) is 0 Å². The van der Waals surface area contributed by atoms with Gasteiger partial charge in [-0.25, -0.2) is 0 Å². The van der Waals surface area contributed by atoms with E-state index >= 15 is 0 Å². The Morgan fingerprint density at radius 3 is 2.26 bits per heavy atom. The fraction of sp³-hybridized carbons (Fsp3) is 0.571. The Hall–Kier alpha value is -1.57. The molecule has 4 fully saturated rings. The fourth-order valence-electron chi connectivity index (χ4n) is 5.77. The minimum Gasteiger partial charge on any atom is -0.496 e. The van der Waals surface area contributed by atoms with Crippen LogP contribution < -0.4 is 4.74 Å². The first-order chi connectivity index (χ1) is 11.1. The molecule has 0 amide bonds. The predicted octanol–water partition coefficient (Wildman–Crippen LogP) is 4.80. The molecule has 122 valence electrons. The molecule has 23 heavy (non-hydrogen) atoms. The van der Waals surface area contributed by atoms with Crippen molar-refractivity contribution in [2.45, 2.75) is 45.4 Å². The molecule has 0 N–H and O–H groups in total. The van der Waals surface area contributed by atoms with E-state index in [0.717, 1.165) is 53.9 Å². The number of ether oxygens (including phenoxy) is 1. The van der Waals surface area contributed by atoms with Crippen molar-refractivity contribution in [2.75, 3.05) is 7.11 Å². The molecule has 4 aliphatic carbocycles. The maximum atomic E-state index is 13.0.